The van der Waals surface area contributed by atoms with Gasteiger partial charge >= 0.3 is 6.61 Å². The van der Waals surface area contributed by atoms with Crippen LogP contribution in [0, 0.1) is 0 Å². The van der Waals surface area contributed by atoms with Crippen LogP contribution in [0.4, 0.5) is 8.78 Å². The van der Waals surface area contributed by atoms with Crippen molar-refractivity contribution in [2.75, 3.05) is 7.11 Å². The van der Waals surface area contributed by atoms with E-state index in [0.29, 0.717) is 12.3 Å². The summed E-state index contributed by atoms with van der Waals surface area (Å²) in [7, 11) is 1.62. The summed E-state index contributed by atoms with van der Waals surface area (Å²) in [6, 6.07) is 14.3. The average molecular weight is 391 g/mol. The molecular weight excluding hydrogens is 372 g/mol. The first-order chi connectivity index (χ1) is 13.1. The van der Waals surface area contributed by atoms with Crippen molar-refractivity contribution in [3.05, 3.63) is 54.1 Å². The van der Waals surface area contributed by atoms with E-state index in [9.17, 15) is 8.78 Å². The van der Waals surface area contributed by atoms with Gasteiger partial charge in [0.2, 0.25) is 0 Å². The highest BCUT2D eigenvalue weighted by atomic mass is 32.2. The molecule has 0 bridgehead atoms. The van der Waals surface area contributed by atoms with Crippen molar-refractivity contribution in [2.45, 2.75) is 31.0 Å². The predicted octanol–water partition coefficient (Wildman–Crippen LogP) is 4.87. The van der Waals surface area contributed by atoms with Crippen LogP contribution in [0.3, 0.4) is 0 Å². The quantitative estimate of drug-likeness (QED) is 0.513. The number of thioether (sulfide) groups is 1. The van der Waals surface area contributed by atoms with Crippen LogP contribution < -0.4 is 9.47 Å². The van der Waals surface area contributed by atoms with Crippen LogP contribution in [0.15, 0.2) is 53.7 Å². The van der Waals surface area contributed by atoms with Crippen LogP contribution in [-0.4, -0.2) is 28.5 Å². The summed E-state index contributed by atoms with van der Waals surface area (Å²) in [5.41, 5.74) is 1.73. The fourth-order valence-electron chi connectivity index (χ4n) is 2.67. The summed E-state index contributed by atoms with van der Waals surface area (Å²) >= 11 is 1.49. The zero-order chi connectivity index (χ0) is 19.2. The van der Waals surface area contributed by atoms with Crippen molar-refractivity contribution in [2.24, 2.45) is 0 Å². The van der Waals surface area contributed by atoms with Crippen molar-refractivity contribution in [3.63, 3.8) is 0 Å². The van der Waals surface area contributed by atoms with Gasteiger partial charge in [-0.25, -0.2) is 0 Å². The number of hydrogen-bond donors (Lipinski definition) is 0. The third-order valence-electron chi connectivity index (χ3n) is 3.87. The highest BCUT2D eigenvalue weighted by Crippen LogP contribution is 2.32. The zero-order valence-electron chi connectivity index (χ0n) is 14.9. The van der Waals surface area contributed by atoms with Crippen molar-refractivity contribution in [1.29, 1.82) is 0 Å². The van der Waals surface area contributed by atoms with Gasteiger partial charge in [0.15, 0.2) is 11.0 Å². The first-order valence-corrected chi connectivity index (χ1v) is 9.34. The second-order valence-corrected chi connectivity index (χ2v) is 6.51. The molecule has 0 amide bonds. The molecule has 0 spiro atoms. The van der Waals surface area contributed by atoms with Crippen molar-refractivity contribution in [3.8, 4) is 22.9 Å². The maximum Gasteiger partial charge on any atom is 0.387 e. The molecule has 0 aliphatic carbocycles. The van der Waals surface area contributed by atoms with Gasteiger partial charge < -0.3 is 14.0 Å². The smallest absolute Gasteiger partial charge is 0.387 e. The highest BCUT2D eigenvalue weighted by molar-refractivity contribution is 7.98. The van der Waals surface area contributed by atoms with E-state index < -0.39 is 6.61 Å². The van der Waals surface area contributed by atoms with Crippen LogP contribution in [-0.2, 0) is 12.3 Å². The molecule has 3 rings (SSSR count). The number of nitrogens with zero attached hydrogens (tertiary/aromatic N) is 3. The number of halogens is 2. The Labute approximate surface area is 160 Å². The molecule has 27 heavy (non-hydrogen) atoms. The van der Waals surface area contributed by atoms with E-state index >= 15 is 0 Å². The molecule has 0 unspecified atom stereocenters. The third kappa shape index (κ3) is 4.57. The number of aromatic nitrogens is 3. The summed E-state index contributed by atoms with van der Waals surface area (Å²) in [6.07, 6.45) is 0. The van der Waals surface area contributed by atoms with Gasteiger partial charge in [0.1, 0.15) is 11.5 Å². The van der Waals surface area contributed by atoms with E-state index in [-0.39, 0.29) is 5.75 Å². The first kappa shape index (κ1) is 19.2. The summed E-state index contributed by atoms with van der Waals surface area (Å²) in [5, 5.41) is 9.37. The normalized spacial score (nSPS) is 11.0. The minimum atomic E-state index is -2.83. The SMILES string of the molecule is CCn1c(SCc2cccc(OC(F)F)c2)nnc1-c1ccccc1OC. The Balaban J connectivity index is 1.80. The fourth-order valence-corrected chi connectivity index (χ4v) is 3.61. The Kier molecular flexibility index (Phi) is 6.28. The fraction of sp³-hybridized carbons (Fsp3) is 0.263. The number of para-hydroxylation sites is 1. The Morgan fingerprint density at radius 1 is 1.11 bits per heavy atom. The lowest BCUT2D eigenvalue weighted by Gasteiger charge is -2.10. The zero-order valence-corrected chi connectivity index (χ0v) is 15.7. The number of methoxy groups -OCH3 is 1. The predicted molar refractivity (Wildman–Crippen MR) is 100 cm³/mol. The number of hydrogen-bond acceptors (Lipinski definition) is 5. The number of alkyl halides is 2. The molecule has 0 N–H and O–H groups in total. The second-order valence-electron chi connectivity index (χ2n) is 5.57. The molecule has 0 aliphatic heterocycles. The van der Waals surface area contributed by atoms with Gasteiger partial charge in [-0.2, -0.15) is 8.78 Å². The molecule has 8 heteroatoms. The van der Waals surface area contributed by atoms with Gasteiger partial charge in [0, 0.05) is 12.3 Å². The standard InChI is InChI=1S/C19H19F2N3O2S/c1-3-24-17(15-9-4-5-10-16(15)25-2)22-23-19(24)27-12-13-7-6-8-14(11-13)26-18(20)21/h4-11,18H,3,12H2,1-2H3. The summed E-state index contributed by atoms with van der Waals surface area (Å²) in [6.45, 7) is -0.125. The molecule has 0 aliphatic rings. The van der Waals surface area contributed by atoms with Gasteiger partial charge in [-0.3, -0.25) is 0 Å². The Morgan fingerprint density at radius 3 is 2.67 bits per heavy atom. The maximum atomic E-state index is 12.4. The van der Waals surface area contributed by atoms with E-state index in [1.54, 1.807) is 19.2 Å². The molecule has 5 nitrogen and oxygen atoms in total. The molecule has 0 saturated heterocycles. The van der Waals surface area contributed by atoms with E-state index in [2.05, 4.69) is 14.9 Å². The van der Waals surface area contributed by atoms with Crippen LogP contribution in [0.25, 0.3) is 11.4 Å². The molecule has 1 heterocycles. The van der Waals surface area contributed by atoms with E-state index in [0.717, 1.165) is 27.9 Å². The molecule has 3 aromatic rings. The van der Waals surface area contributed by atoms with Crippen molar-refractivity contribution >= 4 is 11.8 Å². The molecule has 0 saturated carbocycles. The monoisotopic (exact) mass is 391 g/mol. The minimum Gasteiger partial charge on any atom is -0.496 e. The lowest BCUT2D eigenvalue weighted by Crippen LogP contribution is -2.02. The van der Waals surface area contributed by atoms with E-state index in [1.165, 1.54) is 17.8 Å². The molecular formula is C19H19F2N3O2S. The van der Waals surface area contributed by atoms with Gasteiger partial charge in [-0.05, 0) is 36.8 Å². The van der Waals surface area contributed by atoms with Crippen LogP contribution in [0.1, 0.15) is 12.5 Å². The second kappa shape index (κ2) is 8.85. The topological polar surface area (TPSA) is 49.2 Å². The van der Waals surface area contributed by atoms with E-state index in [4.69, 9.17) is 4.74 Å². The maximum absolute atomic E-state index is 12.4. The number of rotatable bonds is 8. The van der Waals surface area contributed by atoms with Crippen LogP contribution in [0.5, 0.6) is 11.5 Å². The van der Waals surface area contributed by atoms with Crippen LogP contribution in [0.2, 0.25) is 0 Å². The van der Waals surface area contributed by atoms with Gasteiger partial charge in [-0.1, -0.05) is 36.0 Å². The minimum absolute atomic E-state index is 0.148. The van der Waals surface area contributed by atoms with Gasteiger partial charge in [0.25, 0.3) is 0 Å². The largest absolute Gasteiger partial charge is 0.496 e. The highest BCUT2D eigenvalue weighted by Gasteiger charge is 2.16. The van der Waals surface area contributed by atoms with E-state index in [1.807, 2.05) is 41.8 Å². The molecule has 2 aromatic carbocycles. The van der Waals surface area contributed by atoms with Gasteiger partial charge in [-0.15, -0.1) is 10.2 Å². The summed E-state index contributed by atoms with van der Waals surface area (Å²) in [5.74, 6) is 2.17. The Morgan fingerprint density at radius 2 is 1.93 bits per heavy atom. The Bertz CT molecular complexity index is 902. The van der Waals surface area contributed by atoms with Crippen molar-refractivity contribution in [1.82, 2.24) is 14.8 Å². The average Bonchev–Trinajstić information content (AvgIpc) is 3.08. The van der Waals surface area contributed by atoms with Gasteiger partial charge in [0.05, 0.1) is 12.7 Å². The van der Waals surface area contributed by atoms with Crippen molar-refractivity contribution < 1.29 is 18.3 Å². The Hall–Kier alpha value is -2.61. The number of ether oxygens (including phenoxy) is 2. The molecule has 0 atom stereocenters. The third-order valence-corrected chi connectivity index (χ3v) is 4.91. The molecule has 0 fully saturated rings. The summed E-state index contributed by atoms with van der Waals surface area (Å²) < 4.78 is 36.6. The van der Waals surface area contributed by atoms with Crippen LogP contribution >= 0.6 is 11.8 Å². The lowest BCUT2D eigenvalue weighted by molar-refractivity contribution is -0.0498. The lowest BCUT2D eigenvalue weighted by atomic mass is 10.2. The molecule has 0 radical (unpaired) electrons. The molecule has 1 aromatic heterocycles. The molecule has 142 valence electrons. The number of benzene rings is 2. The first-order valence-electron chi connectivity index (χ1n) is 8.35. The summed E-state index contributed by atoms with van der Waals surface area (Å²) in [4.78, 5) is 0.